The normalized spacial score (nSPS) is 14.2. The van der Waals surface area contributed by atoms with Gasteiger partial charge in [0.2, 0.25) is 5.91 Å². The molecule has 0 aromatic carbocycles. The predicted octanol–water partition coefficient (Wildman–Crippen LogP) is -0.00880. The summed E-state index contributed by atoms with van der Waals surface area (Å²) in [7, 11) is 3.00. The number of nitrogens with zero attached hydrogens (tertiary/aromatic N) is 1. The third-order valence-corrected chi connectivity index (χ3v) is 2.47. The van der Waals surface area contributed by atoms with Gasteiger partial charge in [0.1, 0.15) is 0 Å². The Morgan fingerprint density at radius 3 is 2.33 bits per heavy atom. The van der Waals surface area contributed by atoms with Crippen molar-refractivity contribution in [3.63, 3.8) is 0 Å². The minimum absolute atomic E-state index is 0.0161. The van der Waals surface area contributed by atoms with Gasteiger partial charge in [0, 0.05) is 25.6 Å². The third kappa shape index (κ3) is 4.29. The predicted molar refractivity (Wildman–Crippen MR) is 57.1 cm³/mol. The number of nitrogens with two attached hydrogens (primary N) is 1. The molecule has 0 aliphatic rings. The summed E-state index contributed by atoms with van der Waals surface area (Å²) in [5.74, 6) is -0.820. The first-order valence-corrected chi connectivity index (χ1v) is 4.97. The molecule has 88 valence electrons. The Morgan fingerprint density at radius 2 is 1.93 bits per heavy atom. The Labute approximate surface area is 90.6 Å². The molecule has 5 heteroatoms. The largest absolute Gasteiger partial charge is 0.469 e. The number of rotatable bonds is 5. The molecule has 0 spiro atoms. The summed E-state index contributed by atoms with van der Waals surface area (Å²) in [6.45, 7) is 3.98. The van der Waals surface area contributed by atoms with Crippen LogP contribution in [0.2, 0.25) is 0 Å². The zero-order valence-electron chi connectivity index (χ0n) is 9.82. The molecule has 0 fully saturated rings. The zero-order valence-corrected chi connectivity index (χ0v) is 9.82. The fourth-order valence-corrected chi connectivity index (χ4v) is 1.14. The van der Waals surface area contributed by atoms with E-state index in [4.69, 9.17) is 5.73 Å². The lowest BCUT2D eigenvalue weighted by molar-refractivity contribution is -0.146. The number of carbonyl (C=O) groups excluding carboxylic acids is 2. The standard InChI is InChI=1S/C10H20N2O3/c1-7(5-9(13)15-4)10(14)12(3)8(2)6-11/h7-8H,5-6,11H2,1-4H3/t7-,8+/m1/s1. The highest BCUT2D eigenvalue weighted by Gasteiger charge is 2.23. The minimum atomic E-state index is -0.371. The number of hydrogen-bond donors (Lipinski definition) is 1. The van der Waals surface area contributed by atoms with E-state index in [2.05, 4.69) is 4.74 Å². The van der Waals surface area contributed by atoms with Crippen molar-refractivity contribution in [3.05, 3.63) is 0 Å². The van der Waals surface area contributed by atoms with E-state index in [-0.39, 0.29) is 30.3 Å². The van der Waals surface area contributed by atoms with Crippen LogP contribution < -0.4 is 5.73 Å². The molecule has 2 atom stereocenters. The van der Waals surface area contributed by atoms with Crippen molar-refractivity contribution in [1.29, 1.82) is 0 Å². The first-order chi connectivity index (χ1) is 6.93. The molecule has 2 N–H and O–H groups in total. The summed E-state index contributed by atoms with van der Waals surface area (Å²) in [5.41, 5.74) is 5.45. The van der Waals surface area contributed by atoms with Gasteiger partial charge in [0.15, 0.2) is 0 Å². The van der Waals surface area contributed by atoms with Crippen LogP contribution in [0.4, 0.5) is 0 Å². The Kier molecular flexibility index (Phi) is 5.93. The Bertz CT molecular complexity index is 231. The molecule has 15 heavy (non-hydrogen) atoms. The van der Waals surface area contributed by atoms with Crippen LogP contribution in [0.5, 0.6) is 0 Å². The molecule has 0 aliphatic heterocycles. The topological polar surface area (TPSA) is 72.6 Å². The second-order valence-electron chi connectivity index (χ2n) is 3.72. The van der Waals surface area contributed by atoms with Gasteiger partial charge in [0.05, 0.1) is 13.5 Å². The number of likely N-dealkylation sites (N-methyl/N-ethyl adjacent to an activating group) is 1. The van der Waals surface area contributed by atoms with Crippen LogP contribution in [0, 0.1) is 5.92 Å². The smallest absolute Gasteiger partial charge is 0.306 e. The van der Waals surface area contributed by atoms with Gasteiger partial charge in [-0.3, -0.25) is 9.59 Å². The van der Waals surface area contributed by atoms with Crippen molar-refractivity contribution < 1.29 is 14.3 Å². The van der Waals surface area contributed by atoms with Gasteiger partial charge in [-0.25, -0.2) is 0 Å². The van der Waals surface area contributed by atoms with Gasteiger partial charge >= 0.3 is 5.97 Å². The molecule has 0 bridgehead atoms. The molecule has 0 aromatic rings. The monoisotopic (exact) mass is 216 g/mol. The highest BCUT2D eigenvalue weighted by Crippen LogP contribution is 2.09. The highest BCUT2D eigenvalue weighted by molar-refractivity contribution is 5.83. The third-order valence-electron chi connectivity index (χ3n) is 2.47. The fraction of sp³-hybridized carbons (Fsp3) is 0.800. The van der Waals surface area contributed by atoms with Crippen LogP contribution >= 0.6 is 0 Å². The van der Waals surface area contributed by atoms with Crippen LogP contribution in [0.1, 0.15) is 20.3 Å². The van der Waals surface area contributed by atoms with Gasteiger partial charge in [-0.05, 0) is 6.92 Å². The van der Waals surface area contributed by atoms with Crippen LogP contribution in [-0.2, 0) is 14.3 Å². The number of hydrogen-bond acceptors (Lipinski definition) is 4. The summed E-state index contributed by atoms with van der Waals surface area (Å²) in [6, 6.07) is -0.0161. The molecule has 5 nitrogen and oxygen atoms in total. The van der Waals surface area contributed by atoms with E-state index in [9.17, 15) is 9.59 Å². The Morgan fingerprint density at radius 1 is 1.40 bits per heavy atom. The van der Waals surface area contributed by atoms with E-state index in [1.54, 1.807) is 18.9 Å². The summed E-state index contributed by atoms with van der Waals surface area (Å²) < 4.78 is 4.50. The van der Waals surface area contributed by atoms with Crippen molar-refractivity contribution in [3.8, 4) is 0 Å². The van der Waals surface area contributed by atoms with E-state index >= 15 is 0 Å². The number of amides is 1. The molecule has 0 rings (SSSR count). The summed E-state index contributed by atoms with van der Waals surface area (Å²) >= 11 is 0. The molecule has 0 radical (unpaired) electrons. The highest BCUT2D eigenvalue weighted by atomic mass is 16.5. The molecule has 0 aliphatic carbocycles. The second kappa shape index (κ2) is 6.40. The van der Waals surface area contributed by atoms with E-state index in [1.807, 2.05) is 6.92 Å². The number of esters is 1. The molecule has 1 amide bonds. The molecular weight excluding hydrogens is 196 g/mol. The first kappa shape index (κ1) is 13.9. The lowest BCUT2D eigenvalue weighted by atomic mass is 10.1. The van der Waals surface area contributed by atoms with Crippen molar-refractivity contribution >= 4 is 11.9 Å². The van der Waals surface area contributed by atoms with E-state index < -0.39 is 0 Å². The molecule has 0 aromatic heterocycles. The Hall–Kier alpha value is -1.10. The molecular formula is C10H20N2O3. The Balaban J connectivity index is 4.25. The number of ether oxygens (including phenoxy) is 1. The van der Waals surface area contributed by atoms with E-state index in [1.165, 1.54) is 7.11 Å². The van der Waals surface area contributed by atoms with Gasteiger partial charge in [-0.2, -0.15) is 0 Å². The van der Waals surface area contributed by atoms with Gasteiger partial charge in [-0.15, -0.1) is 0 Å². The van der Waals surface area contributed by atoms with Crippen molar-refractivity contribution in [1.82, 2.24) is 4.90 Å². The maximum atomic E-state index is 11.8. The van der Waals surface area contributed by atoms with Gasteiger partial charge < -0.3 is 15.4 Å². The quantitative estimate of drug-likeness (QED) is 0.656. The lowest BCUT2D eigenvalue weighted by Crippen LogP contribution is -2.42. The van der Waals surface area contributed by atoms with Crippen molar-refractivity contribution in [2.75, 3.05) is 20.7 Å². The summed E-state index contributed by atoms with van der Waals surface area (Å²) in [5, 5.41) is 0. The number of methoxy groups -OCH3 is 1. The molecule has 0 heterocycles. The minimum Gasteiger partial charge on any atom is -0.469 e. The summed E-state index contributed by atoms with van der Waals surface area (Å²) in [4.78, 5) is 24.3. The maximum absolute atomic E-state index is 11.8. The van der Waals surface area contributed by atoms with Crippen molar-refractivity contribution in [2.45, 2.75) is 26.3 Å². The average molecular weight is 216 g/mol. The maximum Gasteiger partial charge on any atom is 0.306 e. The zero-order chi connectivity index (χ0) is 12.0. The number of carbonyl (C=O) groups is 2. The van der Waals surface area contributed by atoms with Crippen LogP contribution in [0.15, 0.2) is 0 Å². The SMILES string of the molecule is COC(=O)C[C@@H](C)C(=O)N(C)[C@@H](C)CN. The molecule has 0 unspecified atom stereocenters. The molecule has 0 saturated carbocycles. The lowest BCUT2D eigenvalue weighted by Gasteiger charge is -2.26. The second-order valence-corrected chi connectivity index (χ2v) is 3.72. The van der Waals surface area contributed by atoms with E-state index in [0.29, 0.717) is 6.54 Å². The molecule has 0 saturated heterocycles. The van der Waals surface area contributed by atoms with Crippen molar-refractivity contribution in [2.24, 2.45) is 11.7 Å². The van der Waals surface area contributed by atoms with Gasteiger partial charge in [-0.1, -0.05) is 6.92 Å². The fourth-order valence-electron chi connectivity index (χ4n) is 1.14. The first-order valence-electron chi connectivity index (χ1n) is 4.97. The van der Waals surface area contributed by atoms with Gasteiger partial charge in [0.25, 0.3) is 0 Å². The average Bonchev–Trinajstić information content (AvgIpc) is 2.25. The van der Waals surface area contributed by atoms with Crippen LogP contribution in [-0.4, -0.2) is 43.5 Å². The van der Waals surface area contributed by atoms with Crippen LogP contribution in [0.25, 0.3) is 0 Å². The summed E-state index contributed by atoms with van der Waals surface area (Å²) in [6.07, 6.45) is 0.108. The van der Waals surface area contributed by atoms with Crippen LogP contribution in [0.3, 0.4) is 0 Å². The van der Waals surface area contributed by atoms with E-state index in [0.717, 1.165) is 0 Å².